The van der Waals surface area contributed by atoms with Crippen molar-refractivity contribution >= 4 is 17.3 Å². The molecule has 0 atom stereocenters. The van der Waals surface area contributed by atoms with Crippen LogP contribution in [0.2, 0.25) is 0 Å². The Morgan fingerprint density at radius 3 is 2.32 bits per heavy atom. The van der Waals surface area contributed by atoms with E-state index in [2.05, 4.69) is 41.4 Å². The van der Waals surface area contributed by atoms with Gasteiger partial charge in [-0.3, -0.25) is 14.3 Å². The van der Waals surface area contributed by atoms with Gasteiger partial charge in [0.1, 0.15) is 5.69 Å². The molecule has 7 nitrogen and oxygen atoms in total. The minimum atomic E-state index is -0.209. The molecule has 31 heavy (non-hydrogen) atoms. The minimum absolute atomic E-state index is 0.120. The molecule has 0 bridgehead atoms. The van der Waals surface area contributed by atoms with Gasteiger partial charge in [-0.2, -0.15) is 0 Å². The second-order valence-electron chi connectivity index (χ2n) is 8.19. The molecule has 1 aliphatic heterocycles. The lowest BCUT2D eigenvalue weighted by atomic mass is 10.1. The van der Waals surface area contributed by atoms with Crippen LogP contribution in [0.25, 0.3) is 5.69 Å². The van der Waals surface area contributed by atoms with Crippen LogP contribution in [0.15, 0.2) is 59.4 Å². The molecule has 0 saturated carbocycles. The standard InChI is InChI=1S/C24H29N5O2/c1-18-9-7-8-12-21(18)28-15-13-27(14-16-28)17-22(30)25-23-19(2)26(3)29(24(23)31)20-10-5-4-6-11-20/h4-12H,13-17H2,1-3H3,(H,25,30)/p+1. The van der Waals surface area contributed by atoms with Gasteiger partial charge < -0.3 is 15.1 Å². The zero-order chi connectivity index (χ0) is 22.0. The molecule has 1 aliphatic rings. The van der Waals surface area contributed by atoms with Crippen LogP contribution in [0.4, 0.5) is 11.4 Å². The van der Waals surface area contributed by atoms with Crippen molar-refractivity contribution in [2.45, 2.75) is 13.8 Å². The first kappa shape index (κ1) is 20.9. The van der Waals surface area contributed by atoms with Crippen LogP contribution in [0.3, 0.4) is 0 Å². The largest absolute Gasteiger partial charge is 0.360 e. The van der Waals surface area contributed by atoms with Gasteiger partial charge in [0.2, 0.25) is 0 Å². The first-order chi connectivity index (χ1) is 15.0. The number of nitrogens with one attached hydrogen (secondary N) is 2. The lowest BCUT2D eigenvalue weighted by Crippen LogP contribution is -3.15. The fourth-order valence-corrected chi connectivity index (χ4v) is 4.28. The summed E-state index contributed by atoms with van der Waals surface area (Å²) in [6.45, 7) is 7.96. The van der Waals surface area contributed by atoms with E-state index in [1.54, 1.807) is 9.36 Å². The zero-order valence-corrected chi connectivity index (χ0v) is 18.4. The Bertz CT molecular complexity index is 1120. The molecular formula is C24H30N5O2+. The van der Waals surface area contributed by atoms with E-state index in [0.29, 0.717) is 12.2 Å². The third-order valence-electron chi connectivity index (χ3n) is 6.16. The summed E-state index contributed by atoms with van der Waals surface area (Å²) in [4.78, 5) is 29.4. The summed E-state index contributed by atoms with van der Waals surface area (Å²) in [6.07, 6.45) is 0. The van der Waals surface area contributed by atoms with E-state index < -0.39 is 0 Å². The van der Waals surface area contributed by atoms with Gasteiger partial charge in [0.15, 0.2) is 6.54 Å². The Balaban J connectivity index is 1.40. The zero-order valence-electron chi connectivity index (χ0n) is 18.4. The predicted molar refractivity (Wildman–Crippen MR) is 123 cm³/mol. The third-order valence-corrected chi connectivity index (χ3v) is 6.16. The topological polar surface area (TPSA) is 63.7 Å². The van der Waals surface area contributed by atoms with Crippen molar-refractivity contribution in [1.29, 1.82) is 0 Å². The van der Waals surface area contributed by atoms with Crippen molar-refractivity contribution in [1.82, 2.24) is 9.36 Å². The van der Waals surface area contributed by atoms with Gasteiger partial charge in [-0.15, -0.1) is 0 Å². The molecule has 1 amide bonds. The fraction of sp³-hybridized carbons (Fsp3) is 0.333. The van der Waals surface area contributed by atoms with E-state index in [9.17, 15) is 9.59 Å². The van der Waals surface area contributed by atoms with Gasteiger partial charge in [-0.1, -0.05) is 36.4 Å². The number of anilines is 2. The van der Waals surface area contributed by atoms with Gasteiger partial charge in [0.25, 0.3) is 11.5 Å². The van der Waals surface area contributed by atoms with Crippen molar-refractivity contribution < 1.29 is 9.69 Å². The Labute approximate surface area is 182 Å². The van der Waals surface area contributed by atoms with E-state index in [-0.39, 0.29) is 11.5 Å². The molecule has 1 saturated heterocycles. The molecule has 2 aromatic carbocycles. The Kier molecular flexibility index (Phi) is 5.95. The highest BCUT2D eigenvalue weighted by molar-refractivity contribution is 5.91. The molecule has 2 heterocycles. The number of benzene rings is 2. The molecule has 0 spiro atoms. The average Bonchev–Trinajstić information content (AvgIpc) is 2.98. The number of rotatable bonds is 5. The Morgan fingerprint density at radius 1 is 1.00 bits per heavy atom. The highest BCUT2D eigenvalue weighted by Gasteiger charge is 2.25. The molecule has 1 fully saturated rings. The molecule has 0 unspecified atom stereocenters. The van der Waals surface area contributed by atoms with Gasteiger partial charge in [-0.25, -0.2) is 4.68 Å². The molecule has 162 valence electrons. The summed E-state index contributed by atoms with van der Waals surface area (Å²) in [7, 11) is 1.83. The van der Waals surface area contributed by atoms with Crippen LogP contribution >= 0.6 is 0 Å². The van der Waals surface area contributed by atoms with Gasteiger partial charge in [-0.05, 0) is 37.6 Å². The van der Waals surface area contributed by atoms with Crippen LogP contribution in [0, 0.1) is 13.8 Å². The average molecular weight is 421 g/mol. The summed E-state index contributed by atoms with van der Waals surface area (Å²) >= 11 is 0. The second kappa shape index (κ2) is 8.81. The van der Waals surface area contributed by atoms with Gasteiger partial charge in [0.05, 0.1) is 37.6 Å². The number of amides is 1. The van der Waals surface area contributed by atoms with Crippen LogP contribution in [-0.2, 0) is 11.8 Å². The highest BCUT2D eigenvalue weighted by atomic mass is 16.2. The molecule has 1 aromatic heterocycles. The minimum Gasteiger partial charge on any atom is -0.360 e. The Hall–Kier alpha value is -3.32. The summed E-state index contributed by atoms with van der Waals surface area (Å²) in [6, 6.07) is 17.9. The predicted octanol–water partition coefficient (Wildman–Crippen LogP) is 1.14. The first-order valence-corrected chi connectivity index (χ1v) is 10.7. The number of piperazine rings is 1. The van der Waals surface area contributed by atoms with Crippen molar-refractivity contribution in [2.24, 2.45) is 7.05 Å². The lowest BCUT2D eigenvalue weighted by molar-refractivity contribution is -0.892. The number of nitrogens with zero attached hydrogens (tertiary/aromatic N) is 3. The molecular weight excluding hydrogens is 390 g/mol. The fourth-order valence-electron chi connectivity index (χ4n) is 4.28. The summed E-state index contributed by atoms with van der Waals surface area (Å²) in [5.74, 6) is -0.120. The molecule has 7 heteroatoms. The smallest absolute Gasteiger partial charge is 0.295 e. The molecule has 0 radical (unpaired) electrons. The van der Waals surface area contributed by atoms with Crippen molar-refractivity contribution in [3.63, 3.8) is 0 Å². The number of aromatic nitrogens is 2. The lowest BCUT2D eigenvalue weighted by Gasteiger charge is -2.34. The van der Waals surface area contributed by atoms with Crippen molar-refractivity contribution in [3.8, 4) is 5.69 Å². The number of hydrogen-bond acceptors (Lipinski definition) is 3. The number of quaternary nitrogens is 1. The van der Waals surface area contributed by atoms with E-state index in [4.69, 9.17) is 0 Å². The monoisotopic (exact) mass is 420 g/mol. The normalized spacial score (nSPS) is 14.6. The maximum Gasteiger partial charge on any atom is 0.295 e. The first-order valence-electron chi connectivity index (χ1n) is 10.7. The van der Waals surface area contributed by atoms with Crippen molar-refractivity contribution in [2.75, 3.05) is 42.9 Å². The van der Waals surface area contributed by atoms with Gasteiger partial charge in [0, 0.05) is 12.7 Å². The SMILES string of the molecule is Cc1ccccc1N1CC[NH+](CC(=O)Nc2c(C)n(C)n(-c3ccccc3)c2=O)CC1. The van der Waals surface area contributed by atoms with E-state index in [1.165, 1.54) is 16.2 Å². The number of aryl methyl sites for hydroxylation is 1. The Morgan fingerprint density at radius 2 is 1.65 bits per heavy atom. The number of carbonyl (C=O) groups is 1. The van der Waals surface area contributed by atoms with E-state index >= 15 is 0 Å². The van der Waals surface area contributed by atoms with Crippen LogP contribution in [0.1, 0.15) is 11.3 Å². The van der Waals surface area contributed by atoms with Crippen LogP contribution < -0.4 is 20.7 Å². The van der Waals surface area contributed by atoms with Crippen LogP contribution in [0.5, 0.6) is 0 Å². The molecule has 2 N–H and O–H groups in total. The third kappa shape index (κ3) is 4.27. The summed E-state index contributed by atoms with van der Waals surface area (Å²) in [5.41, 5.74) is 4.21. The quantitative estimate of drug-likeness (QED) is 0.651. The van der Waals surface area contributed by atoms with E-state index in [0.717, 1.165) is 37.6 Å². The van der Waals surface area contributed by atoms with E-state index in [1.807, 2.05) is 44.3 Å². The van der Waals surface area contributed by atoms with Gasteiger partial charge >= 0.3 is 0 Å². The summed E-state index contributed by atoms with van der Waals surface area (Å²) in [5, 5.41) is 2.88. The number of carbonyl (C=O) groups excluding carboxylic acids is 1. The van der Waals surface area contributed by atoms with Crippen molar-refractivity contribution in [3.05, 3.63) is 76.2 Å². The maximum absolute atomic E-state index is 13.0. The second-order valence-corrected chi connectivity index (χ2v) is 8.19. The maximum atomic E-state index is 13.0. The number of para-hydroxylation sites is 2. The number of hydrogen-bond donors (Lipinski definition) is 2. The molecule has 4 rings (SSSR count). The molecule has 3 aromatic rings. The highest BCUT2D eigenvalue weighted by Crippen LogP contribution is 2.19. The summed E-state index contributed by atoms with van der Waals surface area (Å²) < 4.78 is 3.36. The van der Waals surface area contributed by atoms with Crippen LogP contribution in [-0.4, -0.2) is 48.0 Å². The molecule has 0 aliphatic carbocycles.